The van der Waals surface area contributed by atoms with Gasteiger partial charge in [-0.25, -0.2) is 0 Å². The van der Waals surface area contributed by atoms with Crippen molar-refractivity contribution >= 4 is 23.1 Å². The van der Waals surface area contributed by atoms with Gasteiger partial charge in [0.1, 0.15) is 0 Å². The Balaban J connectivity index is 2.72. The van der Waals surface area contributed by atoms with Crippen LogP contribution < -0.4 is 0 Å². The summed E-state index contributed by atoms with van der Waals surface area (Å²) in [5, 5.41) is 0. The molecule has 0 aliphatic rings. The summed E-state index contributed by atoms with van der Waals surface area (Å²) in [5.74, 6) is 0.448. The molecule has 0 amide bonds. The monoisotopic (exact) mass is 582 g/mol. The lowest BCUT2D eigenvalue weighted by Gasteiger charge is -2.11. The topological polar surface area (TPSA) is 94.6 Å². The van der Waals surface area contributed by atoms with Crippen molar-refractivity contribution in [3.8, 4) is 11.1 Å². The van der Waals surface area contributed by atoms with Crippen LogP contribution in [0, 0.1) is 23.7 Å². The van der Waals surface area contributed by atoms with Crippen molar-refractivity contribution in [3.63, 3.8) is 0 Å². The molecule has 0 fully saturated rings. The smallest absolute Gasteiger partial charge is 0.198 e. The molecule has 6 heteroatoms. The molecule has 0 N–H and O–H groups in total. The molecule has 0 aromatic carbocycles. The van der Waals surface area contributed by atoms with Crippen LogP contribution in [-0.4, -0.2) is 23.1 Å². The largest absolute Gasteiger partial charge is 0.449 e. The molecule has 0 bridgehead atoms. The Morgan fingerprint density at radius 2 is 0.690 bits per heavy atom. The zero-order valence-corrected chi connectivity index (χ0v) is 27.4. The molecule has 2 aromatic rings. The van der Waals surface area contributed by atoms with E-state index in [1.165, 1.54) is 0 Å². The van der Waals surface area contributed by atoms with E-state index in [0.717, 1.165) is 51.4 Å². The van der Waals surface area contributed by atoms with Gasteiger partial charge in [-0.2, -0.15) is 0 Å². The third-order valence-corrected chi connectivity index (χ3v) is 9.33. The van der Waals surface area contributed by atoms with E-state index in [9.17, 15) is 19.2 Å². The first kappa shape index (κ1) is 35.4. The van der Waals surface area contributed by atoms with Gasteiger partial charge in [-0.05, 0) is 35.8 Å². The van der Waals surface area contributed by atoms with Crippen molar-refractivity contribution in [3.05, 3.63) is 35.2 Å². The third-order valence-electron chi connectivity index (χ3n) is 9.33. The summed E-state index contributed by atoms with van der Waals surface area (Å²) in [4.78, 5) is 54.0. The highest BCUT2D eigenvalue weighted by Crippen LogP contribution is 2.37. The third kappa shape index (κ3) is 9.12. The number of hydrogen-bond acceptors (Lipinski definition) is 6. The van der Waals surface area contributed by atoms with Gasteiger partial charge in [-0.3, -0.25) is 19.2 Å². The molecule has 0 spiro atoms. The molecule has 0 aliphatic heterocycles. The highest BCUT2D eigenvalue weighted by atomic mass is 16.4. The Morgan fingerprint density at radius 3 is 0.929 bits per heavy atom. The van der Waals surface area contributed by atoms with Crippen molar-refractivity contribution in [1.29, 1.82) is 0 Å². The fraction of sp³-hybridized carbons (Fsp3) is 0.667. The number of carbonyl (C=O) groups excluding carboxylic acids is 4. The average molecular weight is 583 g/mol. The lowest BCUT2D eigenvalue weighted by molar-refractivity contribution is 0.0891. The predicted molar refractivity (Wildman–Crippen MR) is 168 cm³/mol. The number of hydrogen-bond donors (Lipinski definition) is 0. The molecule has 2 heterocycles. The molecule has 42 heavy (non-hydrogen) atoms. The van der Waals surface area contributed by atoms with Crippen LogP contribution in [0.2, 0.25) is 0 Å². The average Bonchev–Trinajstić information content (AvgIpc) is 3.65. The Labute approximate surface area is 253 Å². The molecule has 0 saturated carbocycles. The first-order valence-electron chi connectivity index (χ1n) is 16.5. The van der Waals surface area contributed by atoms with Gasteiger partial charge in [0.25, 0.3) is 0 Å². The van der Waals surface area contributed by atoms with Gasteiger partial charge >= 0.3 is 0 Å². The van der Waals surface area contributed by atoms with E-state index in [1.54, 1.807) is 12.1 Å². The molecule has 234 valence electrons. The van der Waals surface area contributed by atoms with E-state index < -0.39 is 0 Å². The maximum Gasteiger partial charge on any atom is 0.198 e. The number of carbonyl (C=O) groups is 4. The highest BCUT2D eigenvalue weighted by Gasteiger charge is 2.31. The summed E-state index contributed by atoms with van der Waals surface area (Å²) >= 11 is 0. The highest BCUT2D eigenvalue weighted by molar-refractivity contribution is 6.08. The maximum atomic E-state index is 13.7. The van der Waals surface area contributed by atoms with E-state index in [4.69, 9.17) is 8.83 Å². The second-order valence-electron chi connectivity index (χ2n) is 11.9. The minimum Gasteiger partial charge on any atom is -0.449 e. The van der Waals surface area contributed by atoms with Crippen LogP contribution >= 0.6 is 0 Å². The summed E-state index contributed by atoms with van der Waals surface area (Å²) in [6.45, 7) is 16.4. The molecule has 0 saturated heterocycles. The normalized spacial score (nSPS) is 11.8. The minimum atomic E-state index is -0.204. The number of ketones is 4. The van der Waals surface area contributed by atoms with Gasteiger partial charge < -0.3 is 8.83 Å². The van der Waals surface area contributed by atoms with Crippen LogP contribution in [0.25, 0.3) is 11.1 Å². The zero-order chi connectivity index (χ0) is 31.4. The van der Waals surface area contributed by atoms with Crippen LogP contribution in [0.15, 0.2) is 21.0 Å². The summed E-state index contributed by atoms with van der Waals surface area (Å²) in [6, 6.07) is 3.19. The summed E-state index contributed by atoms with van der Waals surface area (Å²) in [5.41, 5.74) is 0.745. The van der Waals surface area contributed by atoms with E-state index in [-0.39, 0.29) is 82.7 Å². The second kappa shape index (κ2) is 17.4. The van der Waals surface area contributed by atoms with Crippen molar-refractivity contribution in [2.24, 2.45) is 23.7 Å². The number of Topliss-reactive ketones (excluding diaryl/α,β-unsaturated/α-hetero) is 4. The molecule has 2 aromatic heterocycles. The quantitative estimate of drug-likeness (QED) is 0.136. The van der Waals surface area contributed by atoms with E-state index in [2.05, 4.69) is 55.4 Å². The summed E-state index contributed by atoms with van der Waals surface area (Å²) < 4.78 is 12.1. The van der Waals surface area contributed by atoms with E-state index in [0.29, 0.717) is 24.0 Å². The van der Waals surface area contributed by atoms with Gasteiger partial charge in [-0.15, -0.1) is 0 Å². The molecule has 0 atom stereocenters. The van der Waals surface area contributed by atoms with Crippen LogP contribution in [0.1, 0.15) is 175 Å². The number of furan rings is 2. The lowest BCUT2D eigenvalue weighted by Crippen LogP contribution is -2.09. The van der Waals surface area contributed by atoms with E-state index >= 15 is 0 Å². The van der Waals surface area contributed by atoms with Crippen molar-refractivity contribution in [2.45, 2.75) is 132 Å². The fourth-order valence-corrected chi connectivity index (χ4v) is 5.62. The van der Waals surface area contributed by atoms with Crippen LogP contribution in [0.3, 0.4) is 0 Å². The number of rotatable bonds is 21. The SMILES string of the molecule is CCC(CC)CC(=O)c1cc(-c2cc(C(=O)CC(CC)CC)oc2C(=O)CC(CC)CC)c(C(=O)CC(CC)CC)o1. The Hall–Kier alpha value is -2.76. The molecule has 0 unspecified atom stereocenters. The second-order valence-corrected chi connectivity index (χ2v) is 11.9. The van der Waals surface area contributed by atoms with E-state index in [1.807, 2.05) is 0 Å². The van der Waals surface area contributed by atoms with Crippen molar-refractivity contribution in [1.82, 2.24) is 0 Å². The Morgan fingerprint density at radius 1 is 0.452 bits per heavy atom. The molecular formula is C36H54O6. The Bertz CT molecular complexity index is 1070. The first-order valence-corrected chi connectivity index (χ1v) is 16.5. The first-order chi connectivity index (χ1) is 20.1. The predicted octanol–water partition coefficient (Wildman–Crippen LogP) is 10.6. The molecule has 0 radical (unpaired) electrons. The van der Waals surface area contributed by atoms with Gasteiger partial charge in [0.15, 0.2) is 46.2 Å². The molecule has 6 nitrogen and oxygen atoms in total. The zero-order valence-electron chi connectivity index (χ0n) is 27.4. The van der Waals surface area contributed by atoms with Crippen molar-refractivity contribution < 1.29 is 28.0 Å². The summed E-state index contributed by atoms with van der Waals surface area (Å²) in [6.07, 6.45) is 8.07. The van der Waals surface area contributed by atoms with Crippen LogP contribution in [-0.2, 0) is 0 Å². The van der Waals surface area contributed by atoms with Crippen LogP contribution in [0.4, 0.5) is 0 Å². The van der Waals surface area contributed by atoms with Gasteiger partial charge in [0.2, 0.25) is 0 Å². The van der Waals surface area contributed by atoms with Crippen molar-refractivity contribution in [2.75, 3.05) is 0 Å². The lowest BCUT2D eigenvalue weighted by atomic mass is 9.91. The molecule has 2 rings (SSSR count). The van der Waals surface area contributed by atoms with Gasteiger partial charge in [0, 0.05) is 36.8 Å². The van der Waals surface area contributed by atoms with Crippen LogP contribution in [0.5, 0.6) is 0 Å². The minimum absolute atomic E-state index is 0.0752. The Kier molecular flexibility index (Phi) is 14.7. The molecule has 0 aliphatic carbocycles. The fourth-order valence-electron chi connectivity index (χ4n) is 5.62. The van der Waals surface area contributed by atoms with Gasteiger partial charge in [0.05, 0.1) is 0 Å². The van der Waals surface area contributed by atoms with Gasteiger partial charge in [-0.1, -0.05) is 107 Å². The standard InChI is InChI=1S/C36H54O6/c1-9-23(10-2)17-29(37)33-21-27(35(41-33)31(39)19-25(13-5)14-6)28-22-34(30(38)18-24(11-3)12-4)42-36(28)32(40)20-26(15-7)16-8/h21-26H,9-20H2,1-8H3. The molecular weight excluding hydrogens is 528 g/mol. The summed E-state index contributed by atoms with van der Waals surface area (Å²) in [7, 11) is 0. The maximum absolute atomic E-state index is 13.7.